The van der Waals surface area contributed by atoms with E-state index in [-0.39, 0.29) is 0 Å². The number of hydrogen-bond donors (Lipinski definition) is 1. The number of rotatable bonds is 6. The Balaban J connectivity index is 2.18. The van der Waals surface area contributed by atoms with Crippen LogP contribution in [0.1, 0.15) is 11.3 Å². The molecule has 0 fully saturated rings. The number of thiazole rings is 1. The minimum Gasteiger partial charge on any atom is -0.493 e. The van der Waals surface area contributed by atoms with Crippen molar-refractivity contribution in [2.75, 3.05) is 13.7 Å². The highest BCUT2D eigenvalue weighted by molar-refractivity contribution is 7.07. The van der Waals surface area contributed by atoms with Crippen molar-refractivity contribution in [1.82, 2.24) is 4.98 Å². The van der Waals surface area contributed by atoms with Crippen molar-refractivity contribution in [3.8, 4) is 11.5 Å². The highest BCUT2D eigenvalue weighted by Gasteiger charge is 2.10. The molecule has 1 heterocycles. The van der Waals surface area contributed by atoms with Crippen LogP contribution >= 0.6 is 11.3 Å². The molecule has 4 nitrogen and oxygen atoms in total. The van der Waals surface area contributed by atoms with Crippen molar-refractivity contribution < 1.29 is 9.47 Å². The Kier molecular flexibility index (Phi) is 4.55. The summed E-state index contributed by atoms with van der Waals surface area (Å²) in [6.45, 7) is 1.03. The van der Waals surface area contributed by atoms with Gasteiger partial charge in [-0.2, -0.15) is 0 Å². The molecule has 0 spiro atoms. The predicted octanol–water partition coefficient (Wildman–Crippen LogP) is 2.23. The van der Waals surface area contributed by atoms with E-state index in [9.17, 15) is 0 Å². The maximum absolute atomic E-state index is 5.82. The number of para-hydroxylation sites is 1. The smallest absolute Gasteiger partial charge is 0.164 e. The van der Waals surface area contributed by atoms with E-state index < -0.39 is 0 Å². The summed E-state index contributed by atoms with van der Waals surface area (Å²) in [4.78, 5) is 4.19. The van der Waals surface area contributed by atoms with Crippen LogP contribution in [0.15, 0.2) is 29.1 Å². The number of hydrogen-bond acceptors (Lipinski definition) is 5. The van der Waals surface area contributed by atoms with Gasteiger partial charge in [0.15, 0.2) is 11.5 Å². The lowest BCUT2D eigenvalue weighted by Gasteiger charge is -2.14. The summed E-state index contributed by atoms with van der Waals surface area (Å²) in [6.07, 6.45) is 0.767. The van der Waals surface area contributed by atoms with E-state index in [1.165, 1.54) is 0 Å². The molecule has 0 aliphatic heterocycles. The number of ether oxygens (including phenoxy) is 2. The lowest BCUT2D eigenvalue weighted by atomic mass is 10.1. The molecule has 0 unspecified atom stereocenters. The Bertz CT molecular complexity index is 486. The van der Waals surface area contributed by atoms with Crippen LogP contribution in [0.5, 0.6) is 11.5 Å². The molecule has 0 amide bonds. The minimum atomic E-state index is 0.446. The summed E-state index contributed by atoms with van der Waals surface area (Å²) in [7, 11) is 1.64. The zero-order chi connectivity index (χ0) is 12.8. The van der Waals surface area contributed by atoms with Gasteiger partial charge in [-0.25, -0.2) is 4.98 Å². The van der Waals surface area contributed by atoms with Crippen LogP contribution < -0.4 is 15.2 Å². The van der Waals surface area contributed by atoms with Crippen molar-refractivity contribution in [3.05, 3.63) is 40.3 Å². The molecule has 2 rings (SSSR count). The standard InChI is InChI=1S/C13H16N2O2S/c1-16-12-4-2-3-10(5-6-14)13(12)17-7-11-8-18-9-15-11/h2-4,8-9H,5-7,14H2,1H3. The van der Waals surface area contributed by atoms with Crippen molar-refractivity contribution >= 4 is 11.3 Å². The predicted molar refractivity (Wildman–Crippen MR) is 72.2 cm³/mol. The summed E-state index contributed by atoms with van der Waals surface area (Å²) < 4.78 is 11.1. The number of benzene rings is 1. The topological polar surface area (TPSA) is 57.4 Å². The molecule has 0 radical (unpaired) electrons. The second-order valence-corrected chi connectivity index (χ2v) is 4.47. The molecule has 0 saturated heterocycles. The molecule has 1 aromatic heterocycles. The quantitative estimate of drug-likeness (QED) is 0.869. The molecular weight excluding hydrogens is 248 g/mol. The third kappa shape index (κ3) is 3.00. The van der Waals surface area contributed by atoms with Gasteiger partial charge >= 0.3 is 0 Å². The molecule has 5 heteroatoms. The monoisotopic (exact) mass is 264 g/mol. The maximum atomic E-state index is 5.82. The molecule has 0 saturated carbocycles. The van der Waals surface area contributed by atoms with Gasteiger partial charge in [-0.1, -0.05) is 12.1 Å². The molecule has 1 aromatic carbocycles. The van der Waals surface area contributed by atoms with Crippen LogP contribution in [-0.4, -0.2) is 18.6 Å². The van der Waals surface area contributed by atoms with Crippen molar-refractivity contribution in [1.29, 1.82) is 0 Å². The van der Waals surface area contributed by atoms with E-state index in [0.717, 1.165) is 29.2 Å². The van der Waals surface area contributed by atoms with Gasteiger partial charge in [0.1, 0.15) is 6.61 Å². The Morgan fingerprint density at radius 2 is 2.28 bits per heavy atom. The zero-order valence-corrected chi connectivity index (χ0v) is 11.1. The Morgan fingerprint density at radius 1 is 1.39 bits per heavy atom. The second-order valence-electron chi connectivity index (χ2n) is 3.76. The molecule has 0 bridgehead atoms. The van der Waals surface area contributed by atoms with E-state index in [1.54, 1.807) is 24.0 Å². The number of nitrogens with two attached hydrogens (primary N) is 1. The summed E-state index contributed by atoms with van der Waals surface area (Å²) in [5, 5.41) is 1.97. The molecule has 18 heavy (non-hydrogen) atoms. The molecule has 0 aliphatic carbocycles. The van der Waals surface area contributed by atoms with Crippen LogP contribution in [0, 0.1) is 0 Å². The number of nitrogens with zero attached hydrogens (tertiary/aromatic N) is 1. The second kappa shape index (κ2) is 6.37. The summed E-state index contributed by atoms with van der Waals surface area (Å²) in [6, 6.07) is 5.84. The van der Waals surface area contributed by atoms with Crippen LogP contribution in [-0.2, 0) is 13.0 Å². The largest absolute Gasteiger partial charge is 0.493 e. The van der Waals surface area contributed by atoms with Crippen LogP contribution in [0.4, 0.5) is 0 Å². The first-order chi connectivity index (χ1) is 8.85. The first-order valence-corrected chi connectivity index (χ1v) is 6.65. The van der Waals surface area contributed by atoms with Crippen molar-refractivity contribution in [2.24, 2.45) is 5.73 Å². The fourth-order valence-electron chi connectivity index (χ4n) is 1.69. The zero-order valence-electron chi connectivity index (χ0n) is 10.3. The van der Waals surface area contributed by atoms with Gasteiger partial charge in [0, 0.05) is 5.38 Å². The van der Waals surface area contributed by atoms with Gasteiger partial charge in [0.2, 0.25) is 0 Å². The summed E-state index contributed by atoms with van der Waals surface area (Å²) >= 11 is 1.56. The lowest BCUT2D eigenvalue weighted by molar-refractivity contribution is 0.278. The van der Waals surface area contributed by atoms with Crippen molar-refractivity contribution in [3.63, 3.8) is 0 Å². The minimum absolute atomic E-state index is 0.446. The van der Waals surface area contributed by atoms with E-state index in [1.807, 2.05) is 23.6 Å². The first kappa shape index (κ1) is 12.9. The first-order valence-electron chi connectivity index (χ1n) is 5.71. The fourth-order valence-corrected chi connectivity index (χ4v) is 2.24. The van der Waals surface area contributed by atoms with Gasteiger partial charge in [-0.3, -0.25) is 0 Å². The SMILES string of the molecule is COc1cccc(CCN)c1OCc1cscn1. The van der Waals surface area contributed by atoms with Crippen LogP contribution in [0.3, 0.4) is 0 Å². The third-order valence-corrected chi connectivity index (χ3v) is 3.18. The summed E-state index contributed by atoms with van der Waals surface area (Å²) in [5.74, 6) is 1.50. The van der Waals surface area contributed by atoms with Gasteiger partial charge in [0.05, 0.1) is 18.3 Å². The highest BCUT2D eigenvalue weighted by Crippen LogP contribution is 2.31. The number of aromatic nitrogens is 1. The van der Waals surface area contributed by atoms with Gasteiger partial charge in [-0.05, 0) is 24.6 Å². The highest BCUT2D eigenvalue weighted by atomic mass is 32.1. The molecule has 2 aromatic rings. The molecule has 96 valence electrons. The van der Waals surface area contributed by atoms with Crippen LogP contribution in [0.2, 0.25) is 0 Å². The van der Waals surface area contributed by atoms with Gasteiger partial charge < -0.3 is 15.2 Å². The van der Waals surface area contributed by atoms with E-state index >= 15 is 0 Å². The Labute approximate surface area is 110 Å². The van der Waals surface area contributed by atoms with E-state index in [4.69, 9.17) is 15.2 Å². The van der Waals surface area contributed by atoms with Crippen LogP contribution in [0.25, 0.3) is 0 Å². The summed E-state index contributed by atoms with van der Waals surface area (Å²) in [5.41, 5.74) is 9.38. The average molecular weight is 264 g/mol. The van der Waals surface area contributed by atoms with E-state index in [2.05, 4.69) is 4.98 Å². The third-order valence-electron chi connectivity index (χ3n) is 2.54. The normalized spacial score (nSPS) is 10.3. The Morgan fingerprint density at radius 3 is 2.94 bits per heavy atom. The fraction of sp³-hybridized carbons (Fsp3) is 0.308. The molecule has 0 aliphatic rings. The molecule has 2 N–H and O–H groups in total. The Hall–Kier alpha value is -1.59. The maximum Gasteiger partial charge on any atom is 0.164 e. The van der Waals surface area contributed by atoms with Gasteiger partial charge in [-0.15, -0.1) is 11.3 Å². The van der Waals surface area contributed by atoms with E-state index in [0.29, 0.717) is 13.2 Å². The van der Waals surface area contributed by atoms with Gasteiger partial charge in [0.25, 0.3) is 0 Å². The lowest BCUT2D eigenvalue weighted by Crippen LogP contribution is -2.06. The number of methoxy groups -OCH3 is 1. The van der Waals surface area contributed by atoms with Crippen molar-refractivity contribution in [2.45, 2.75) is 13.0 Å². The average Bonchev–Trinajstić information content (AvgIpc) is 2.90. The molecular formula is C13H16N2O2S. The molecule has 0 atom stereocenters.